The number of hydrogen-bond donors (Lipinski definition) is 2. The van der Waals surface area contributed by atoms with Gasteiger partial charge in [-0.2, -0.15) is 0 Å². The molecule has 14 heavy (non-hydrogen) atoms. The summed E-state index contributed by atoms with van der Waals surface area (Å²) in [6.45, 7) is 2.20. The third-order valence-corrected chi connectivity index (χ3v) is 2.48. The van der Waals surface area contributed by atoms with E-state index < -0.39 is 6.10 Å². The molecule has 3 N–H and O–H groups in total. The second-order valence-electron chi connectivity index (χ2n) is 3.49. The summed E-state index contributed by atoms with van der Waals surface area (Å²) in [7, 11) is 0. The maximum Gasteiger partial charge on any atom is 0.308 e. The normalized spacial score (nSPS) is 31.8. The lowest BCUT2D eigenvalue weighted by Gasteiger charge is -2.29. The minimum absolute atomic E-state index is 0. The standard InChI is InChI=1S/C9H17NO3.ClH/c1-2-13-9(12)6-3-4-8(11)7(10)5-6;/h6-8,11H,2-5,10H2,1H3;1H/t6-,7+,8-;/m1./s1. The third-order valence-electron chi connectivity index (χ3n) is 2.48. The van der Waals surface area contributed by atoms with Gasteiger partial charge in [0.15, 0.2) is 0 Å². The van der Waals surface area contributed by atoms with E-state index in [1.807, 2.05) is 0 Å². The van der Waals surface area contributed by atoms with Crippen molar-refractivity contribution in [2.45, 2.75) is 38.3 Å². The second-order valence-corrected chi connectivity index (χ2v) is 3.49. The molecule has 0 saturated heterocycles. The molecule has 1 saturated carbocycles. The molecular formula is C9H18ClNO3. The van der Waals surface area contributed by atoms with Crippen molar-refractivity contribution in [3.8, 4) is 0 Å². The van der Waals surface area contributed by atoms with Crippen LogP contribution in [0.5, 0.6) is 0 Å². The number of aliphatic hydroxyl groups is 1. The summed E-state index contributed by atoms with van der Waals surface area (Å²) in [5.41, 5.74) is 5.64. The van der Waals surface area contributed by atoms with E-state index in [1.165, 1.54) is 0 Å². The number of aliphatic hydroxyl groups excluding tert-OH is 1. The molecule has 0 unspecified atom stereocenters. The fourth-order valence-electron chi connectivity index (χ4n) is 1.66. The number of nitrogens with two attached hydrogens (primary N) is 1. The topological polar surface area (TPSA) is 72.5 Å². The van der Waals surface area contributed by atoms with Crippen molar-refractivity contribution >= 4 is 18.4 Å². The van der Waals surface area contributed by atoms with Crippen molar-refractivity contribution in [1.82, 2.24) is 0 Å². The minimum Gasteiger partial charge on any atom is -0.466 e. The predicted octanol–water partition coefficient (Wildman–Crippen LogP) is 0.460. The van der Waals surface area contributed by atoms with Crippen LogP contribution in [0.4, 0.5) is 0 Å². The van der Waals surface area contributed by atoms with E-state index >= 15 is 0 Å². The lowest BCUT2D eigenvalue weighted by molar-refractivity contribution is -0.150. The van der Waals surface area contributed by atoms with Gasteiger partial charge in [0.1, 0.15) is 0 Å². The van der Waals surface area contributed by atoms with Crippen LogP contribution in [0.3, 0.4) is 0 Å². The van der Waals surface area contributed by atoms with E-state index in [2.05, 4.69) is 0 Å². The van der Waals surface area contributed by atoms with Gasteiger partial charge in [-0.15, -0.1) is 12.4 Å². The van der Waals surface area contributed by atoms with Gasteiger partial charge in [-0.3, -0.25) is 4.79 Å². The first-order chi connectivity index (χ1) is 6.15. The summed E-state index contributed by atoms with van der Waals surface area (Å²) in [5.74, 6) is -0.289. The first-order valence-electron chi connectivity index (χ1n) is 4.75. The summed E-state index contributed by atoms with van der Waals surface area (Å²) in [6.07, 6.45) is 1.38. The van der Waals surface area contributed by atoms with E-state index in [0.717, 1.165) is 0 Å². The molecule has 0 aliphatic heterocycles. The molecule has 1 rings (SSSR count). The molecule has 4 nitrogen and oxygen atoms in total. The van der Waals surface area contributed by atoms with Crippen molar-refractivity contribution in [3.63, 3.8) is 0 Å². The van der Waals surface area contributed by atoms with Crippen LogP contribution in [0.25, 0.3) is 0 Å². The molecule has 1 aliphatic rings. The molecule has 5 heteroatoms. The van der Waals surface area contributed by atoms with Crippen LogP contribution in [-0.4, -0.2) is 29.8 Å². The van der Waals surface area contributed by atoms with Gasteiger partial charge in [0.05, 0.1) is 18.6 Å². The summed E-state index contributed by atoms with van der Waals surface area (Å²) in [6, 6.07) is -0.275. The van der Waals surface area contributed by atoms with E-state index in [4.69, 9.17) is 10.5 Å². The van der Waals surface area contributed by atoms with E-state index in [1.54, 1.807) is 6.92 Å². The number of carbonyl (C=O) groups is 1. The predicted molar refractivity (Wildman–Crippen MR) is 55.2 cm³/mol. The summed E-state index contributed by atoms with van der Waals surface area (Å²) in [5, 5.41) is 9.33. The Balaban J connectivity index is 0.00000169. The molecule has 0 aromatic rings. The SMILES string of the molecule is CCOC(=O)[C@@H]1CC[C@@H](O)[C@@H](N)C1.Cl. The Kier molecular flexibility index (Phi) is 6.08. The van der Waals surface area contributed by atoms with Gasteiger partial charge in [0.2, 0.25) is 0 Å². The number of ether oxygens (including phenoxy) is 1. The maximum atomic E-state index is 11.3. The van der Waals surface area contributed by atoms with Gasteiger partial charge in [-0.1, -0.05) is 0 Å². The highest BCUT2D eigenvalue weighted by Gasteiger charge is 2.31. The first-order valence-corrected chi connectivity index (χ1v) is 4.75. The molecule has 0 aromatic carbocycles. The van der Waals surface area contributed by atoms with Crippen molar-refractivity contribution in [2.24, 2.45) is 11.7 Å². The van der Waals surface area contributed by atoms with E-state index in [-0.39, 0.29) is 30.3 Å². The Morgan fingerprint density at radius 2 is 2.21 bits per heavy atom. The van der Waals surface area contributed by atoms with E-state index in [0.29, 0.717) is 25.9 Å². The van der Waals surface area contributed by atoms with E-state index in [9.17, 15) is 9.90 Å². The van der Waals surface area contributed by atoms with Crippen LogP contribution in [0, 0.1) is 5.92 Å². The van der Waals surface area contributed by atoms with Crippen molar-refractivity contribution < 1.29 is 14.6 Å². The van der Waals surface area contributed by atoms with Crippen LogP contribution in [0.2, 0.25) is 0 Å². The highest BCUT2D eigenvalue weighted by Crippen LogP contribution is 2.24. The molecule has 1 aliphatic carbocycles. The van der Waals surface area contributed by atoms with Gasteiger partial charge >= 0.3 is 5.97 Å². The van der Waals surface area contributed by atoms with Gasteiger partial charge in [-0.25, -0.2) is 0 Å². The zero-order valence-corrected chi connectivity index (χ0v) is 9.13. The summed E-state index contributed by atoms with van der Waals surface area (Å²) >= 11 is 0. The number of esters is 1. The number of rotatable bonds is 2. The Labute approximate surface area is 90.2 Å². The molecule has 0 spiro atoms. The Bertz CT molecular complexity index is 189. The molecule has 3 atom stereocenters. The fourth-order valence-corrected chi connectivity index (χ4v) is 1.66. The molecule has 0 aromatic heterocycles. The Morgan fingerprint density at radius 3 is 2.71 bits per heavy atom. The second kappa shape index (κ2) is 6.22. The number of carbonyl (C=O) groups excluding carboxylic acids is 1. The van der Waals surface area contributed by atoms with Crippen molar-refractivity contribution in [1.29, 1.82) is 0 Å². The summed E-state index contributed by atoms with van der Waals surface area (Å²) < 4.78 is 4.89. The van der Waals surface area contributed by atoms with Crippen molar-refractivity contribution in [2.75, 3.05) is 6.61 Å². The highest BCUT2D eigenvalue weighted by atomic mass is 35.5. The zero-order valence-electron chi connectivity index (χ0n) is 8.31. The monoisotopic (exact) mass is 223 g/mol. The van der Waals surface area contributed by atoms with Gasteiger partial charge in [-0.05, 0) is 26.2 Å². The van der Waals surface area contributed by atoms with Crippen LogP contribution in [-0.2, 0) is 9.53 Å². The molecule has 84 valence electrons. The molecule has 0 radical (unpaired) electrons. The summed E-state index contributed by atoms with van der Waals surface area (Å²) in [4.78, 5) is 11.3. The van der Waals surface area contributed by atoms with Crippen LogP contribution in [0.15, 0.2) is 0 Å². The van der Waals surface area contributed by atoms with Gasteiger partial charge in [0.25, 0.3) is 0 Å². The third kappa shape index (κ3) is 3.44. The number of hydrogen-bond acceptors (Lipinski definition) is 4. The maximum absolute atomic E-state index is 11.3. The fraction of sp³-hybridized carbons (Fsp3) is 0.889. The average Bonchev–Trinajstić information content (AvgIpc) is 2.10. The highest BCUT2D eigenvalue weighted by molar-refractivity contribution is 5.85. The molecule has 0 bridgehead atoms. The van der Waals surface area contributed by atoms with Crippen molar-refractivity contribution in [3.05, 3.63) is 0 Å². The largest absolute Gasteiger partial charge is 0.466 e. The van der Waals surface area contributed by atoms with Gasteiger partial charge < -0.3 is 15.6 Å². The molecule has 0 heterocycles. The van der Waals surface area contributed by atoms with Crippen LogP contribution >= 0.6 is 12.4 Å². The Hall–Kier alpha value is -0.320. The number of halogens is 1. The van der Waals surface area contributed by atoms with Crippen LogP contribution in [0.1, 0.15) is 26.2 Å². The molecular weight excluding hydrogens is 206 g/mol. The van der Waals surface area contributed by atoms with Gasteiger partial charge in [0, 0.05) is 6.04 Å². The minimum atomic E-state index is -0.453. The van der Waals surface area contributed by atoms with Crippen LogP contribution < -0.4 is 5.73 Å². The quantitative estimate of drug-likeness (QED) is 0.668. The molecule has 1 fully saturated rings. The first kappa shape index (κ1) is 13.7. The zero-order chi connectivity index (χ0) is 9.84. The lowest BCUT2D eigenvalue weighted by atomic mass is 9.84. The smallest absolute Gasteiger partial charge is 0.308 e. The molecule has 0 amide bonds. The average molecular weight is 224 g/mol. The lowest BCUT2D eigenvalue weighted by Crippen LogP contribution is -2.42. The Morgan fingerprint density at radius 1 is 1.57 bits per heavy atom.